The number of nitrogens with zero attached hydrogens (tertiary/aromatic N) is 1. The smallest absolute Gasteiger partial charge is 0.331 e. The Morgan fingerprint density at radius 2 is 1.85 bits per heavy atom. The Labute approximate surface area is 157 Å². The number of hydrogen-bond acceptors (Lipinski definition) is 5. The van der Waals surface area contributed by atoms with Crippen molar-refractivity contribution >= 4 is 45.2 Å². The zero-order chi connectivity index (χ0) is 19.4. The lowest BCUT2D eigenvalue weighted by molar-refractivity contribution is -0.148. The van der Waals surface area contributed by atoms with Crippen molar-refractivity contribution in [2.45, 2.75) is 13.0 Å². The lowest BCUT2D eigenvalue weighted by Crippen LogP contribution is -2.30. The van der Waals surface area contributed by atoms with Crippen molar-refractivity contribution in [1.82, 2.24) is 4.98 Å². The van der Waals surface area contributed by atoms with E-state index in [9.17, 15) is 18.4 Å². The predicted molar refractivity (Wildman–Crippen MR) is 99.2 cm³/mol. The molecular formula is C19H14F2N2O3S. The van der Waals surface area contributed by atoms with Crippen LogP contribution in [0, 0.1) is 11.6 Å². The second-order valence-electron chi connectivity index (χ2n) is 5.52. The molecule has 0 aliphatic carbocycles. The van der Waals surface area contributed by atoms with Gasteiger partial charge in [-0.15, -0.1) is 11.3 Å². The zero-order valence-electron chi connectivity index (χ0n) is 14.1. The van der Waals surface area contributed by atoms with Gasteiger partial charge < -0.3 is 10.1 Å². The van der Waals surface area contributed by atoms with Gasteiger partial charge in [-0.3, -0.25) is 4.79 Å². The van der Waals surface area contributed by atoms with Crippen molar-refractivity contribution in [3.63, 3.8) is 0 Å². The van der Waals surface area contributed by atoms with Gasteiger partial charge in [-0.2, -0.15) is 0 Å². The van der Waals surface area contributed by atoms with Crippen LogP contribution >= 0.6 is 11.3 Å². The number of esters is 1. The Bertz CT molecular complexity index is 979. The van der Waals surface area contributed by atoms with Crippen LogP contribution in [0.15, 0.2) is 48.5 Å². The summed E-state index contributed by atoms with van der Waals surface area (Å²) in [6.07, 6.45) is 1.39. The van der Waals surface area contributed by atoms with Gasteiger partial charge in [0.05, 0.1) is 10.2 Å². The molecule has 0 saturated heterocycles. The minimum absolute atomic E-state index is 0.588. The molecule has 1 heterocycles. The standard InChI is InChI=1S/C19H14F2N2O3S/c1-11(19(25)23-18-12(20)5-4-6-13(18)21)26-17(24)10-9-16-22-14-7-2-3-8-15(14)27-16/h2-11H,1H3,(H,23,25)/b10-9+/t11-/m0/s1. The normalized spacial score (nSPS) is 12.3. The van der Waals surface area contributed by atoms with Crippen molar-refractivity contribution in [1.29, 1.82) is 0 Å². The summed E-state index contributed by atoms with van der Waals surface area (Å²) < 4.78 is 33.0. The van der Waals surface area contributed by atoms with Crippen LogP contribution < -0.4 is 5.32 Å². The maximum Gasteiger partial charge on any atom is 0.331 e. The molecule has 0 unspecified atom stereocenters. The molecule has 3 aromatic rings. The van der Waals surface area contributed by atoms with Crippen LogP contribution in [0.25, 0.3) is 16.3 Å². The average Bonchev–Trinajstić information content (AvgIpc) is 3.06. The maximum absolute atomic E-state index is 13.6. The number of ether oxygens (including phenoxy) is 1. The second-order valence-corrected chi connectivity index (χ2v) is 6.58. The highest BCUT2D eigenvalue weighted by atomic mass is 32.1. The van der Waals surface area contributed by atoms with Gasteiger partial charge in [0.25, 0.3) is 5.91 Å². The predicted octanol–water partition coefficient (Wildman–Crippen LogP) is 4.16. The monoisotopic (exact) mass is 388 g/mol. The Kier molecular flexibility index (Phi) is 5.56. The minimum atomic E-state index is -1.24. The number of rotatable bonds is 5. The third-order valence-electron chi connectivity index (χ3n) is 3.55. The molecule has 0 aliphatic rings. The number of fused-ring (bicyclic) bond motifs is 1. The SMILES string of the molecule is C[C@H](OC(=O)/C=C/c1nc2ccccc2s1)C(=O)Nc1c(F)cccc1F. The molecule has 1 amide bonds. The van der Waals surface area contributed by atoms with Gasteiger partial charge in [-0.05, 0) is 37.3 Å². The molecule has 0 saturated carbocycles. The Hall–Kier alpha value is -3.13. The summed E-state index contributed by atoms with van der Waals surface area (Å²) in [4.78, 5) is 28.2. The Morgan fingerprint density at radius 3 is 2.56 bits per heavy atom. The van der Waals surface area contributed by atoms with E-state index >= 15 is 0 Å². The Balaban J connectivity index is 1.60. The van der Waals surface area contributed by atoms with Crippen LogP contribution in [0.5, 0.6) is 0 Å². The largest absolute Gasteiger partial charge is 0.449 e. The molecule has 1 N–H and O–H groups in total. The topological polar surface area (TPSA) is 68.3 Å². The molecule has 0 spiro atoms. The van der Waals surface area contributed by atoms with Gasteiger partial charge in [0.2, 0.25) is 0 Å². The van der Waals surface area contributed by atoms with Crippen molar-refractivity contribution in [3.8, 4) is 0 Å². The lowest BCUT2D eigenvalue weighted by Gasteiger charge is -2.13. The van der Waals surface area contributed by atoms with Crippen molar-refractivity contribution in [3.05, 3.63) is 65.2 Å². The molecule has 138 valence electrons. The van der Waals surface area contributed by atoms with E-state index in [0.29, 0.717) is 5.01 Å². The average molecular weight is 388 g/mol. The van der Waals surface area contributed by atoms with Crippen LogP contribution in [0.4, 0.5) is 14.5 Å². The highest BCUT2D eigenvalue weighted by Crippen LogP contribution is 2.22. The number of halogens is 2. The quantitative estimate of drug-likeness (QED) is 0.526. The molecule has 0 fully saturated rings. The van der Waals surface area contributed by atoms with Crippen molar-refractivity contribution in [2.75, 3.05) is 5.32 Å². The summed E-state index contributed by atoms with van der Waals surface area (Å²) in [5, 5.41) is 2.68. The molecule has 0 bridgehead atoms. The fourth-order valence-electron chi connectivity index (χ4n) is 2.21. The number of amides is 1. The van der Waals surface area contributed by atoms with E-state index in [4.69, 9.17) is 4.74 Å². The molecule has 3 rings (SSSR count). The number of anilines is 1. The summed E-state index contributed by atoms with van der Waals surface area (Å²) in [5.74, 6) is -3.46. The van der Waals surface area contributed by atoms with Gasteiger partial charge in [0.1, 0.15) is 22.3 Å². The first-order valence-electron chi connectivity index (χ1n) is 7.93. The summed E-state index contributed by atoms with van der Waals surface area (Å²) >= 11 is 1.40. The minimum Gasteiger partial charge on any atom is -0.449 e. The lowest BCUT2D eigenvalue weighted by atomic mass is 10.2. The number of nitrogens with one attached hydrogen (secondary N) is 1. The number of carbonyl (C=O) groups is 2. The van der Waals surface area contributed by atoms with Crippen LogP contribution in [0.3, 0.4) is 0 Å². The highest BCUT2D eigenvalue weighted by Gasteiger charge is 2.20. The molecule has 1 atom stereocenters. The molecule has 8 heteroatoms. The molecule has 27 heavy (non-hydrogen) atoms. The van der Waals surface area contributed by atoms with Gasteiger partial charge in [0.15, 0.2) is 6.10 Å². The maximum atomic E-state index is 13.6. The number of carbonyl (C=O) groups excluding carboxylic acids is 2. The molecule has 0 radical (unpaired) electrons. The summed E-state index contributed by atoms with van der Waals surface area (Å²) in [6.45, 7) is 1.30. The summed E-state index contributed by atoms with van der Waals surface area (Å²) in [7, 11) is 0. The van der Waals surface area contributed by atoms with E-state index in [2.05, 4.69) is 10.3 Å². The van der Waals surface area contributed by atoms with Gasteiger partial charge in [0, 0.05) is 6.08 Å². The number of benzene rings is 2. The molecule has 0 aliphatic heterocycles. The summed E-state index contributed by atoms with van der Waals surface area (Å²) in [6, 6.07) is 10.7. The molecule has 5 nitrogen and oxygen atoms in total. The first-order valence-corrected chi connectivity index (χ1v) is 8.75. The van der Waals surface area contributed by atoms with E-state index in [1.165, 1.54) is 30.4 Å². The zero-order valence-corrected chi connectivity index (χ0v) is 14.9. The fourth-order valence-corrected chi connectivity index (χ4v) is 3.08. The van der Waals surface area contributed by atoms with E-state index in [0.717, 1.165) is 28.4 Å². The van der Waals surface area contributed by atoms with Crippen LogP contribution in [0.1, 0.15) is 11.9 Å². The molecule has 2 aromatic carbocycles. The molecule has 1 aromatic heterocycles. The van der Waals surface area contributed by atoms with Gasteiger partial charge in [-0.1, -0.05) is 18.2 Å². The fraction of sp³-hybridized carbons (Fsp3) is 0.105. The van der Waals surface area contributed by atoms with E-state index < -0.39 is 35.3 Å². The van der Waals surface area contributed by atoms with Crippen molar-refractivity contribution in [2.24, 2.45) is 0 Å². The highest BCUT2D eigenvalue weighted by molar-refractivity contribution is 7.19. The molecular weight excluding hydrogens is 374 g/mol. The number of para-hydroxylation sites is 2. The third kappa shape index (κ3) is 4.53. The number of aromatic nitrogens is 1. The number of hydrogen-bond donors (Lipinski definition) is 1. The first kappa shape index (κ1) is 18.7. The van der Waals surface area contributed by atoms with Gasteiger partial charge in [-0.25, -0.2) is 18.6 Å². The van der Waals surface area contributed by atoms with Crippen LogP contribution in [-0.4, -0.2) is 23.0 Å². The van der Waals surface area contributed by atoms with Gasteiger partial charge >= 0.3 is 5.97 Å². The Morgan fingerprint density at radius 1 is 1.15 bits per heavy atom. The summed E-state index contributed by atoms with van der Waals surface area (Å²) in [5.41, 5.74) is 0.227. The van der Waals surface area contributed by atoms with E-state index in [1.54, 1.807) is 0 Å². The van der Waals surface area contributed by atoms with Crippen LogP contribution in [-0.2, 0) is 14.3 Å². The first-order chi connectivity index (χ1) is 12.9. The number of thiazole rings is 1. The van der Waals surface area contributed by atoms with E-state index in [1.807, 2.05) is 24.3 Å². The van der Waals surface area contributed by atoms with Crippen molar-refractivity contribution < 1.29 is 23.1 Å². The van der Waals surface area contributed by atoms with E-state index in [-0.39, 0.29) is 0 Å². The second kappa shape index (κ2) is 8.05. The van der Waals surface area contributed by atoms with Crippen LogP contribution in [0.2, 0.25) is 0 Å². The third-order valence-corrected chi connectivity index (χ3v) is 4.55.